The quantitative estimate of drug-likeness (QED) is 0.913. The molecule has 2 atom stereocenters. The van der Waals surface area contributed by atoms with Crippen LogP contribution in [0.25, 0.3) is 0 Å². The van der Waals surface area contributed by atoms with Gasteiger partial charge in [-0.15, -0.1) is 0 Å². The summed E-state index contributed by atoms with van der Waals surface area (Å²) < 4.78 is 5.81. The van der Waals surface area contributed by atoms with Crippen LogP contribution in [0.15, 0.2) is 59.6 Å². The Labute approximate surface area is 137 Å². The first-order valence-corrected chi connectivity index (χ1v) is 8.17. The van der Waals surface area contributed by atoms with Gasteiger partial charge in [-0.2, -0.15) is 0 Å². The second kappa shape index (κ2) is 6.97. The van der Waals surface area contributed by atoms with E-state index in [1.165, 1.54) is 0 Å². The fourth-order valence-electron chi connectivity index (χ4n) is 2.79. The van der Waals surface area contributed by atoms with Crippen LogP contribution in [-0.2, 0) is 11.2 Å². The largest absolute Gasteiger partial charge is 0.475 e. The molecule has 0 bridgehead atoms. The van der Waals surface area contributed by atoms with Crippen LogP contribution in [0.1, 0.15) is 36.6 Å². The first kappa shape index (κ1) is 15.8. The molecule has 2 aromatic carbocycles. The Bertz CT molecular complexity index is 679. The zero-order valence-corrected chi connectivity index (χ0v) is 13.6. The van der Waals surface area contributed by atoms with E-state index < -0.39 is 6.10 Å². The lowest BCUT2D eigenvalue weighted by Crippen LogP contribution is -2.13. The first-order valence-electron chi connectivity index (χ1n) is 8.17. The lowest BCUT2D eigenvalue weighted by Gasteiger charge is -2.14. The zero-order chi connectivity index (χ0) is 16.2. The summed E-state index contributed by atoms with van der Waals surface area (Å²) in [6.45, 7) is 4.96. The molecule has 0 radical (unpaired) electrons. The van der Waals surface area contributed by atoms with Gasteiger partial charge in [-0.1, -0.05) is 62.4 Å². The number of hydrogen-bond acceptors (Lipinski definition) is 3. The highest BCUT2D eigenvalue weighted by Crippen LogP contribution is 2.24. The number of ether oxygens (including phenoxy) is 1. The van der Waals surface area contributed by atoms with Crippen molar-refractivity contribution in [1.29, 1.82) is 0 Å². The van der Waals surface area contributed by atoms with E-state index >= 15 is 0 Å². The Morgan fingerprint density at radius 1 is 1.09 bits per heavy atom. The molecule has 1 aliphatic rings. The molecule has 0 amide bonds. The Balaban J connectivity index is 1.83. The van der Waals surface area contributed by atoms with Crippen LogP contribution in [0.2, 0.25) is 0 Å². The van der Waals surface area contributed by atoms with Gasteiger partial charge in [-0.25, -0.2) is 4.99 Å². The van der Waals surface area contributed by atoms with Crippen molar-refractivity contribution in [1.82, 2.24) is 0 Å². The molecule has 0 saturated carbocycles. The molecule has 120 valence electrons. The van der Waals surface area contributed by atoms with Crippen molar-refractivity contribution in [2.45, 2.75) is 32.4 Å². The minimum absolute atomic E-state index is 0.220. The van der Waals surface area contributed by atoms with Crippen molar-refractivity contribution in [3.8, 4) is 0 Å². The van der Waals surface area contributed by atoms with Crippen LogP contribution in [0.5, 0.6) is 0 Å². The van der Waals surface area contributed by atoms with Crippen molar-refractivity contribution in [3.63, 3.8) is 0 Å². The van der Waals surface area contributed by atoms with Gasteiger partial charge in [0, 0.05) is 12.0 Å². The third-order valence-electron chi connectivity index (χ3n) is 4.29. The molecule has 23 heavy (non-hydrogen) atoms. The molecular formula is C20H23NO2. The van der Waals surface area contributed by atoms with E-state index in [-0.39, 0.29) is 6.04 Å². The number of aliphatic hydroxyl groups excluding tert-OH is 1. The summed E-state index contributed by atoms with van der Waals surface area (Å²) in [5, 5.41) is 10.5. The van der Waals surface area contributed by atoms with Gasteiger partial charge in [0.05, 0.1) is 12.1 Å². The van der Waals surface area contributed by atoms with Crippen LogP contribution in [-0.4, -0.2) is 23.7 Å². The minimum atomic E-state index is -0.528. The van der Waals surface area contributed by atoms with Gasteiger partial charge in [-0.05, 0) is 23.1 Å². The van der Waals surface area contributed by atoms with Crippen molar-refractivity contribution >= 4 is 5.90 Å². The van der Waals surface area contributed by atoms with E-state index in [0.717, 1.165) is 16.7 Å². The Kier molecular flexibility index (Phi) is 4.77. The number of benzene rings is 2. The summed E-state index contributed by atoms with van der Waals surface area (Å²) in [7, 11) is 0. The van der Waals surface area contributed by atoms with Crippen LogP contribution >= 0.6 is 0 Å². The fourth-order valence-corrected chi connectivity index (χ4v) is 2.79. The lowest BCUT2D eigenvalue weighted by molar-refractivity contribution is 0.178. The molecule has 1 N–H and O–H groups in total. The predicted octanol–water partition coefficient (Wildman–Crippen LogP) is 3.76. The van der Waals surface area contributed by atoms with E-state index in [0.29, 0.717) is 24.8 Å². The van der Waals surface area contributed by atoms with Crippen LogP contribution in [0, 0.1) is 5.92 Å². The molecule has 0 aromatic heterocycles. The lowest BCUT2D eigenvalue weighted by atomic mass is 9.97. The third-order valence-corrected chi connectivity index (χ3v) is 4.29. The summed E-state index contributed by atoms with van der Waals surface area (Å²) in [6, 6.07) is 18.0. The topological polar surface area (TPSA) is 41.8 Å². The fraction of sp³-hybridized carbons (Fsp3) is 0.350. The molecule has 0 aliphatic carbocycles. The molecule has 3 heteroatoms. The van der Waals surface area contributed by atoms with E-state index in [1.807, 2.05) is 54.6 Å². The monoisotopic (exact) mass is 309 g/mol. The van der Waals surface area contributed by atoms with Gasteiger partial charge in [0.1, 0.15) is 6.61 Å². The number of rotatable bonds is 5. The zero-order valence-electron chi connectivity index (χ0n) is 13.6. The van der Waals surface area contributed by atoms with Crippen molar-refractivity contribution < 1.29 is 9.84 Å². The SMILES string of the molecule is CC(C)[C@H]1COC(c2ccccc2C[C@@H](O)c2ccccc2)=N1. The molecular weight excluding hydrogens is 286 g/mol. The first-order chi connectivity index (χ1) is 11.1. The average Bonchev–Trinajstić information content (AvgIpc) is 3.06. The highest BCUT2D eigenvalue weighted by Gasteiger charge is 2.24. The third kappa shape index (κ3) is 3.62. The molecule has 3 nitrogen and oxygen atoms in total. The Morgan fingerprint density at radius 2 is 1.78 bits per heavy atom. The van der Waals surface area contributed by atoms with Gasteiger partial charge in [0.25, 0.3) is 0 Å². The maximum Gasteiger partial charge on any atom is 0.216 e. The van der Waals surface area contributed by atoms with Crippen molar-refractivity contribution in [2.75, 3.05) is 6.61 Å². The van der Waals surface area contributed by atoms with Gasteiger partial charge >= 0.3 is 0 Å². The van der Waals surface area contributed by atoms with E-state index in [1.54, 1.807) is 0 Å². The second-order valence-corrected chi connectivity index (χ2v) is 6.34. The minimum Gasteiger partial charge on any atom is -0.475 e. The maximum absolute atomic E-state index is 10.5. The number of aliphatic hydroxyl groups is 1. The molecule has 2 aromatic rings. The summed E-state index contributed by atoms with van der Waals surface area (Å²) in [5.74, 6) is 1.18. The number of aliphatic imine (C=N–C) groups is 1. The average molecular weight is 309 g/mol. The Morgan fingerprint density at radius 3 is 2.48 bits per heavy atom. The molecule has 1 aliphatic heterocycles. The van der Waals surface area contributed by atoms with Gasteiger partial charge < -0.3 is 9.84 Å². The molecule has 0 unspecified atom stereocenters. The molecule has 0 saturated heterocycles. The predicted molar refractivity (Wildman–Crippen MR) is 92.7 cm³/mol. The van der Waals surface area contributed by atoms with Crippen LogP contribution in [0.4, 0.5) is 0 Å². The normalized spacial score (nSPS) is 18.6. The molecule has 0 fully saturated rings. The summed E-state index contributed by atoms with van der Waals surface area (Å²) in [4.78, 5) is 4.71. The molecule has 0 spiro atoms. The highest BCUT2D eigenvalue weighted by molar-refractivity contribution is 5.96. The highest BCUT2D eigenvalue weighted by atomic mass is 16.5. The van der Waals surface area contributed by atoms with Crippen molar-refractivity contribution in [2.24, 2.45) is 10.9 Å². The molecule has 1 heterocycles. The van der Waals surface area contributed by atoms with Crippen LogP contribution in [0.3, 0.4) is 0 Å². The summed E-state index contributed by atoms with van der Waals surface area (Å²) >= 11 is 0. The van der Waals surface area contributed by atoms with Gasteiger partial charge in [-0.3, -0.25) is 0 Å². The van der Waals surface area contributed by atoms with E-state index in [4.69, 9.17) is 9.73 Å². The smallest absolute Gasteiger partial charge is 0.216 e. The Hall–Kier alpha value is -2.13. The van der Waals surface area contributed by atoms with Gasteiger partial charge in [0.15, 0.2) is 0 Å². The van der Waals surface area contributed by atoms with Gasteiger partial charge in [0.2, 0.25) is 5.90 Å². The van der Waals surface area contributed by atoms with Crippen LogP contribution < -0.4 is 0 Å². The van der Waals surface area contributed by atoms with E-state index in [2.05, 4.69) is 13.8 Å². The molecule has 3 rings (SSSR count). The summed E-state index contributed by atoms with van der Waals surface area (Å²) in [5.41, 5.74) is 2.98. The maximum atomic E-state index is 10.5. The number of nitrogens with zero attached hydrogens (tertiary/aromatic N) is 1. The number of hydrogen-bond donors (Lipinski definition) is 1. The second-order valence-electron chi connectivity index (χ2n) is 6.34. The van der Waals surface area contributed by atoms with Crippen molar-refractivity contribution in [3.05, 3.63) is 71.3 Å². The standard InChI is InChI=1S/C20H23NO2/c1-14(2)18-13-23-20(21-18)17-11-7-6-10-16(17)12-19(22)15-8-4-3-5-9-15/h3-11,14,18-19,22H,12-13H2,1-2H3/t18-,19-/m1/s1. The van der Waals surface area contributed by atoms with E-state index in [9.17, 15) is 5.11 Å². The summed E-state index contributed by atoms with van der Waals surface area (Å²) in [6.07, 6.45) is 0.0230.